The van der Waals surface area contributed by atoms with Gasteiger partial charge in [-0.1, -0.05) is 12.1 Å². The molecule has 0 aliphatic rings. The number of rotatable bonds is 3. The molecule has 2 rings (SSSR count). The molecular weight excluding hydrogens is 254 g/mol. The van der Waals surface area contributed by atoms with Gasteiger partial charge in [0.05, 0.1) is 7.11 Å². The second-order valence-corrected chi connectivity index (χ2v) is 4.51. The summed E-state index contributed by atoms with van der Waals surface area (Å²) in [6, 6.07) is 12.7. The Morgan fingerprint density at radius 2 is 1.65 bits per heavy atom. The van der Waals surface area contributed by atoms with E-state index in [1.165, 1.54) is 0 Å². The van der Waals surface area contributed by atoms with Gasteiger partial charge in [0.2, 0.25) is 0 Å². The molecule has 104 valence electrons. The molecule has 0 aliphatic heterocycles. The van der Waals surface area contributed by atoms with E-state index in [1.807, 2.05) is 32.0 Å². The lowest BCUT2D eigenvalue weighted by Crippen LogP contribution is -2.17. The van der Waals surface area contributed by atoms with Crippen molar-refractivity contribution < 1.29 is 14.3 Å². The van der Waals surface area contributed by atoms with E-state index in [0.717, 1.165) is 16.8 Å². The van der Waals surface area contributed by atoms with Crippen LogP contribution in [-0.2, 0) is 0 Å². The molecule has 0 bridgehead atoms. The van der Waals surface area contributed by atoms with Crippen LogP contribution < -0.4 is 14.8 Å². The van der Waals surface area contributed by atoms with Crippen LogP contribution in [0.3, 0.4) is 0 Å². The van der Waals surface area contributed by atoms with Crippen molar-refractivity contribution in [3.8, 4) is 11.5 Å². The fraction of sp³-hybridized carbons (Fsp3) is 0.188. The third-order valence-electron chi connectivity index (χ3n) is 2.90. The average molecular weight is 271 g/mol. The minimum absolute atomic E-state index is 0.466. The van der Waals surface area contributed by atoms with Gasteiger partial charge in [-0.2, -0.15) is 0 Å². The van der Waals surface area contributed by atoms with Gasteiger partial charge in [0.1, 0.15) is 11.5 Å². The minimum atomic E-state index is -0.510. The molecule has 0 aromatic heterocycles. The summed E-state index contributed by atoms with van der Waals surface area (Å²) in [5.74, 6) is 1.18. The summed E-state index contributed by atoms with van der Waals surface area (Å²) in [5, 5.41) is 2.74. The number of hydrogen-bond acceptors (Lipinski definition) is 3. The molecule has 0 atom stereocenters. The highest BCUT2D eigenvalue weighted by atomic mass is 16.6. The summed E-state index contributed by atoms with van der Waals surface area (Å²) in [6.07, 6.45) is -0.510. The summed E-state index contributed by atoms with van der Waals surface area (Å²) in [4.78, 5) is 11.8. The average Bonchev–Trinajstić information content (AvgIpc) is 2.43. The normalized spacial score (nSPS) is 9.95. The maximum absolute atomic E-state index is 11.8. The SMILES string of the molecule is COc1ccc(OC(=O)Nc2cc(C)ccc2C)cc1. The van der Waals surface area contributed by atoms with Crippen molar-refractivity contribution in [1.82, 2.24) is 0 Å². The zero-order valence-electron chi connectivity index (χ0n) is 11.8. The Morgan fingerprint density at radius 3 is 2.30 bits per heavy atom. The summed E-state index contributed by atoms with van der Waals surface area (Å²) < 4.78 is 10.2. The molecule has 4 heteroatoms. The Labute approximate surface area is 118 Å². The lowest BCUT2D eigenvalue weighted by atomic mass is 10.1. The van der Waals surface area contributed by atoms with Gasteiger partial charge in [-0.3, -0.25) is 5.32 Å². The number of ether oxygens (including phenoxy) is 2. The van der Waals surface area contributed by atoms with E-state index in [1.54, 1.807) is 31.4 Å². The molecule has 0 radical (unpaired) electrons. The first kappa shape index (κ1) is 13.9. The van der Waals surface area contributed by atoms with Crippen molar-refractivity contribution in [2.75, 3.05) is 12.4 Å². The number of carbonyl (C=O) groups is 1. The summed E-state index contributed by atoms with van der Waals surface area (Å²) in [6.45, 7) is 3.90. The highest BCUT2D eigenvalue weighted by molar-refractivity contribution is 5.87. The van der Waals surface area contributed by atoms with Crippen molar-refractivity contribution in [2.45, 2.75) is 13.8 Å². The highest BCUT2D eigenvalue weighted by Gasteiger charge is 2.07. The lowest BCUT2D eigenvalue weighted by Gasteiger charge is -2.10. The number of anilines is 1. The molecule has 1 amide bonds. The molecule has 0 heterocycles. The van der Waals surface area contributed by atoms with E-state index < -0.39 is 6.09 Å². The molecule has 0 unspecified atom stereocenters. The van der Waals surface area contributed by atoms with E-state index in [2.05, 4.69) is 5.32 Å². The molecule has 20 heavy (non-hydrogen) atoms. The number of amides is 1. The van der Waals surface area contributed by atoms with E-state index in [-0.39, 0.29) is 0 Å². The zero-order chi connectivity index (χ0) is 14.5. The predicted octanol–water partition coefficient (Wildman–Crippen LogP) is 3.92. The largest absolute Gasteiger partial charge is 0.497 e. The van der Waals surface area contributed by atoms with Gasteiger partial charge in [-0.05, 0) is 55.3 Å². The fourth-order valence-electron chi connectivity index (χ4n) is 1.76. The molecule has 2 aromatic rings. The topological polar surface area (TPSA) is 47.6 Å². The van der Waals surface area contributed by atoms with Gasteiger partial charge >= 0.3 is 6.09 Å². The fourth-order valence-corrected chi connectivity index (χ4v) is 1.76. The molecular formula is C16H17NO3. The lowest BCUT2D eigenvalue weighted by molar-refractivity contribution is 0.215. The molecule has 1 N–H and O–H groups in total. The quantitative estimate of drug-likeness (QED) is 0.920. The van der Waals surface area contributed by atoms with Crippen molar-refractivity contribution >= 4 is 11.8 Å². The Balaban J connectivity index is 2.03. The number of hydrogen-bond donors (Lipinski definition) is 1. The number of aryl methyl sites for hydroxylation is 2. The summed E-state index contributed by atoms with van der Waals surface area (Å²) in [7, 11) is 1.59. The number of nitrogens with one attached hydrogen (secondary N) is 1. The summed E-state index contributed by atoms with van der Waals surface area (Å²) >= 11 is 0. The molecule has 2 aromatic carbocycles. The van der Waals surface area contributed by atoms with E-state index >= 15 is 0 Å². The van der Waals surface area contributed by atoms with E-state index in [4.69, 9.17) is 9.47 Å². The van der Waals surface area contributed by atoms with Gasteiger partial charge in [0.25, 0.3) is 0 Å². The Kier molecular flexibility index (Phi) is 4.25. The first-order valence-electron chi connectivity index (χ1n) is 6.28. The smallest absolute Gasteiger partial charge is 0.417 e. The van der Waals surface area contributed by atoms with Gasteiger partial charge in [-0.15, -0.1) is 0 Å². The Morgan fingerprint density at radius 1 is 1.00 bits per heavy atom. The van der Waals surface area contributed by atoms with Gasteiger partial charge < -0.3 is 9.47 Å². The van der Waals surface area contributed by atoms with Crippen LogP contribution in [0.25, 0.3) is 0 Å². The summed E-state index contributed by atoms with van der Waals surface area (Å²) in [5.41, 5.74) is 2.82. The van der Waals surface area contributed by atoms with Gasteiger partial charge in [0.15, 0.2) is 0 Å². The predicted molar refractivity (Wildman–Crippen MR) is 78.6 cm³/mol. The van der Waals surface area contributed by atoms with Crippen LogP contribution >= 0.6 is 0 Å². The van der Waals surface area contributed by atoms with Crippen molar-refractivity contribution in [3.05, 3.63) is 53.6 Å². The zero-order valence-corrected chi connectivity index (χ0v) is 11.8. The first-order valence-corrected chi connectivity index (χ1v) is 6.28. The van der Waals surface area contributed by atoms with Crippen LogP contribution in [0.2, 0.25) is 0 Å². The number of carbonyl (C=O) groups excluding carboxylic acids is 1. The van der Waals surface area contributed by atoms with Crippen LogP contribution in [0.1, 0.15) is 11.1 Å². The van der Waals surface area contributed by atoms with Crippen LogP contribution in [0.5, 0.6) is 11.5 Å². The third kappa shape index (κ3) is 3.51. The number of benzene rings is 2. The van der Waals surface area contributed by atoms with Crippen LogP contribution in [-0.4, -0.2) is 13.2 Å². The Bertz CT molecular complexity index is 606. The van der Waals surface area contributed by atoms with Gasteiger partial charge in [0, 0.05) is 5.69 Å². The minimum Gasteiger partial charge on any atom is -0.497 e. The second kappa shape index (κ2) is 6.10. The van der Waals surface area contributed by atoms with Crippen molar-refractivity contribution in [1.29, 1.82) is 0 Å². The number of methoxy groups -OCH3 is 1. The van der Waals surface area contributed by atoms with Crippen LogP contribution in [0.15, 0.2) is 42.5 Å². The molecule has 0 fully saturated rings. The van der Waals surface area contributed by atoms with Crippen molar-refractivity contribution in [2.24, 2.45) is 0 Å². The monoisotopic (exact) mass is 271 g/mol. The molecule has 0 saturated heterocycles. The molecule has 0 saturated carbocycles. The first-order chi connectivity index (χ1) is 9.58. The van der Waals surface area contributed by atoms with Crippen LogP contribution in [0.4, 0.5) is 10.5 Å². The van der Waals surface area contributed by atoms with E-state index in [0.29, 0.717) is 11.5 Å². The van der Waals surface area contributed by atoms with E-state index in [9.17, 15) is 4.79 Å². The van der Waals surface area contributed by atoms with Gasteiger partial charge in [-0.25, -0.2) is 4.79 Å². The van der Waals surface area contributed by atoms with Crippen molar-refractivity contribution in [3.63, 3.8) is 0 Å². The standard InChI is InChI=1S/C16H17NO3/c1-11-4-5-12(2)15(10-11)17-16(18)20-14-8-6-13(19-3)7-9-14/h4-10H,1-3H3,(H,17,18). The van der Waals surface area contributed by atoms with Crippen LogP contribution in [0, 0.1) is 13.8 Å². The molecule has 0 spiro atoms. The maximum atomic E-state index is 11.8. The third-order valence-corrected chi connectivity index (χ3v) is 2.90. The maximum Gasteiger partial charge on any atom is 0.417 e. The Hall–Kier alpha value is -2.49. The molecule has 4 nitrogen and oxygen atoms in total. The highest BCUT2D eigenvalue weighted by Crippen LogP contribution is 2.19. The second-order valence-electron chi connectivity index (χ2n) is 4.51. The molecule has 0 aliphatic carbocycles.